The van der Waals surface area contributed by atoms with Gasteiger partial charge in [0.2, 0.25) is 0 Å². The number of methoxy groups -OCH3 is 1. The first-order chi connectivity index (χ1) is 7.65. The maximum atomic E-state index is 5.80. The maximum Gasteiger partial charge on any atom is 0.160 e. The molecule has 1 N–H and O–H groups in total. The number of rotatable bonds is 4. The predicted octanol–water partition coefficient (Wildman–Crippen LogP) is 2.16. The van der Waals surface area contributed by atoms with Crippen LogP contribution in [0.4, 0.5) is 0 Å². The third-order valence-electron chi connectivity index (χ3n) is 4.08. The van der Waals surface area contributed by atoms with Gasteiger partial charge in [-0.05, 0) is 58.0 Å². The summed E-state index contributed by atoms with van der Waals surface area (Å²) in [6.07, 6.45) is 5.53. The highest BCUT2D eigenvalue weighted by atomic mass is 16.7. The highest BCUT2D eigenvalue weighted by molar-refractivity contribution is 4.97. The van der Waals surface area contributed by atoms with Gasteiger partial charge >= 0.3 is 0 Å². The van der Waals surface area contributed by atoms with E-state index in [1.807, 2.05) is 0 Å². The highest BCUT2D eigenvalue weighted by Crippen LogP contribution is 2.53. The third kappa shape index (κ3) is 2.58. The summed E-state index contributed by atoms with van der Waals surface area (Å²) in [5, 5.41) is 3.44. The van der Waals surface area contributed by atoms with Crippen LogP contribution in [0.15, 0.2) is 0 Å². The average molecular weight is 227 g/mol. The molecule has 3 heteroatoms. The van der Waals surface area contributed by atoms with Gasteiger partial charge in [0.15, 0.2) is 6.29 Å². The van der Waals surface area contributed by atoms with Gasteiger partial charge in [0.05, 0.1) is 6.10 Å². The van der Waals surface area contributed by atoms with Gasteiger partial charge < -0.3 is 14.8 Å². The highest BCUT2D eigenvalue weighted by Gasteiger charge is 2.47. The molecule has 3 nitrogen and oxygen atoms in total. The Morgan fingerprint density at radius 1 is 1.19 bits per heavy atom. The van der Waals surface area contributed by atoms with E-state index in [2.05, 4.69) is 19.2 Å². The molecule has 0 bridgehead atoms. The normalized spacial score (nSPS) is 27.0. The van der Waals surface area contributed by atoms with Gasteiger partial charge in [0.25, 0.3) is 0 Å². The number of hydrogen-bond donors (Lipinski definition) is 1. The summed E-state index contributed by atoms with van der Waals surface area (Å²) in [4.78, 5) is 0. The van der Waals surface area contributed by atoms with Crippen LogP contribution in [-0.2, 0) is 9.47 Å². The molecule has 1 aliphatic carbocycles. The van der Waals surface area contributed by atoms with Crippen molar-refractivity contribution in [3.05, 3.63) is 0 Å². The van der Waals surface area contributed by atoms with E-state index in [9.17, 15) is 0 Å². The van der Waals surface area contributed by atoms with Gasteiger partial charge in [-0.15, -0.1) is 0 Å². The Hall–Kier alpha value is -0.120. The van der Waals surface area contributed by atoms with Gasteiger partial charge in [-0.2, -0.15) is 0 Å². The van der Waals surface area contributed by atoms with Crippen LogP contribution in [-0.4, -0.2) is 32.6 Å². The van der Waals surface area contributed by atoms with E-state index in [1.165, 1.54) is 38.8 Å². The molecule has 1 saturated heterocycles. The molecule has 1 unspecified atom stereocenters. The summed E-state index contributed by atoms with van der Waals surface area (Å²) >= 11 is 0. The lowest BCUT2D eigenvalue weighted by molar-refractivity contribution is -0.213. The Labute approximate surface area is 98.9 Å². The van der Waals surface area contributed by atoms with Crippen molar-refractivity contribution in [2.24, 2.45) is 11.3 Å². The summed E-state index contributed by atoms with van der Waals surface area (Å²) in [5.41, 5.74) is 0.618. The third-order valence-corrected chi connectivity index (χ3v) is 4.08. The molecule has 2 fully saturated rings. The van der Waals surface area contributed by atoms with E-state index in [4.69, 9.17) is 9.47 Å². The molecule has 1 heterocycles. The molecule has 0 aromatic rings. The van der Waals surface area contributed by atoms with Crippen LogP contribution in [0.2, 0.25) is 0 Å². The molecule has 0 radical (unpaired) electrons. The zero-order valence-corrected chi connectivity index (χ0v) is 10.8. The van der Waals surface area contributed by atoms with Gasteiger partial charge in [0.1, 0.15) is 0 Å². The van der Waals surface area contributed by atoms with Crippen LogP contribution < -0.4 is 5.32 Å². The minimum atomic E-state index is 0.0144. The zero-order chi connectivity index (χ0) is 11.6. The zero-order valence-electron chi connectivity index (χ0n) is 10.8. The first kappa shape index (κ1) is 12.3. The van der Waals surface area contributed by atoms with Crippen molar-refractivity contribution in [3.63, 3.8) is 0 Å². The number of ether oxygens (including phenoxy) is 2. The monoisotopic (exact) mass is 227 g/mol. The molecule has 1 spiro atoms. The Bertz CT molecular complexity index is 216. The lowest BCUT2D eigenvalue weighted by atomic mass is 9.57. The molecule has 1 atom stereocenters. The van der Waals surface area contributed by atoms with E-state index in [-0.39, 0.29) is 12.4 Å². The van der Waals surface area contributed by atoms with E-state index in [0.717, 1.165) is 0 Å². The minimum absolute atomic E-state index is 0.0144. The lowest BCUT2D eigenvalue weighted by Gasteiger charge is -2.52. The van der Waals surface area contributed by atoms with Crippen LogP contribution in [0.25, 0.3) is 0 Å². The quantitative estimate of drug-likeness (QED) is 0.747. The van der Waals surface area contributed by atoms with Crippen molar-refractivity contribution in [3.8, 4) is 0 Å². The van der Waals surface area contributed by atoms with E-state index in [0.29, 0.717) is 11.3 Å². The molecule has 2 rings (SSSR count). The molecule has 94 valence electrons. The number of nitrogens with one attached hydrogen (secondary N) is 1. The summed E-state index contributed by atoms with van der Waals surface area (Å²) in [7, 11) is 1.76. The van der Waals surface area contributed by atoms with Gasteiger partial charge in [-0.3, -0.25) is 0 Å². The summed E-state index contributed by atoms with van der Waals surface area (Å²) < 4.78 is 11.3. The fourth-order valence-corrected chi connectivity index (χ4v) is 3.24. The summed E-state index contributed by atoms with van der Waals surface area (Å²) in [5.74, 6) is 0.616. The van der Waals surface area contributed by atoms with E-state index >= 15 is 0 Å². The SMILES string of the molecule is COC(OC(C)C)C1CC2(CCNCC2)C1. The standard InChI is InChI=1S/C13H25NO2/c1-10(2)16-12(15-3)11-8-13(9-11)4-6-14-7-5-13/h10-12,14H,4-9H2,1-3H3. The molecule has 2 aliphatic rings. The Balaban J connectivity index is 1.81. The van der Waals surface area contributed by atoms with Crippen molar-refractivity contribution >= 4 is 0 Å². The fraction of sp³-hybridized carbons (Fsp3) is 1.00. The van der Waals surface area contributed by atoms with Gasteiger partial charge in [0, 0.05) is 13.0 Å². The van der Waals surface area contributed by atoms with Crippen molar-refractivity contribution in [1.82, 2.24) is 5.32 Å². The second-order valence-electron chi connectivity index (χ2n) is 5.71. The van der Waals surface area contributed by atoms with Crippen molar-refractivity contribution in [2.45, 2.75) is 51.9 Å². The van der Waals surface area contributed by atoms with Gasteiger partial charge in [-0.25, -0.2) is 0 Å². The van der Waals surface area contributed by atoms with E-state index in [1.54, 1.807) is 7.11 Å². The second-order valence-corrected chi connectivity index (χ2v) is 5.71. The molecule has 0 aromatic heterocycles. The molecule has 16 heavy (non-hydrogen) atoms. The first-order valence-corrected chi connectivity index (χ1v) is 6.54. The topological polar surface area (TPSA) is 30.5 Å². The Kier molecular flexibility index (Phi) is 3.88. The molecule has 0 aromatic carbocycles. The largest absolute Gasteiger partial charge is 0.356 e. The predicted molar refractivity (Wildman–Crippen MR) is 64.3 cm³/mol. The van der Waals surface area contributed by atoms with Crippen molar-refractivity contribution in [2.75, 3.05) is 20.2 Å². The van der Waals surface area contributed by atoms with Crippen LogP contribution in [0.5, 0.6) is 0 Å². The number of hydrogen-bond acceptors (Lipinski definition) is 3. The van der Waals surface area contributed by atoms with E-state index < -0.39 is 0 Å². The lowest BCUT2D eigenvalue weighted by Crippen LogP contribution is -2.50. The molecule has 1 aliphatic heterocycles. The molecule has 0 amide bonds. The van der Waals surface area contributed by atoms with Crippen LogP contribution in [0.3, 0.4) is 0 Å². The van der Waals surface area contributed by atoms with Crippen molar-refractivity contribution in [1.29, 1.82) is 0 Å². The van der Waals surface area contributed by atoms with Crippen molar-refractivity contribution < 1.29 is 9.47 Å². The second kappa shape index (κ2) is 5.03. The smallest absolute Gasteiger partial charge is 0.160 e. The maximum absolute atomic E-state index is 5.80. The average Bonchev–Trinajstić information content (AvgIpc) is 2.23. The summed E-state index contributed by atoms with van der Waals surface area (Å²) in [6, 6.07) is 0. The Morgan fingerprint density at radius 3 is 2.31 bits per heavy atom. The van der Waals surface area contributed by atoms with Crippen LogP contribution in [0, 0.1) is 11.3 Å². The summed E-state index contributed by atoms with van der Waals surface area (Å²) in [6.45, 7) is 6.53. The molecule has 1 saturated carbocycles. The molecular weight excluding hydrogens is 202 g/mol. The Morgan fingerprint density at radius 2 is 1.81 bits per heavy atom. The number of piperidine rings is 1. The van der Waals surface area contributed by atoms with Gasteiger partial charge in [-0.1, -0.05) is 0 Å². The minimum Gasteiger partial charge on any atom is -0.356 e. The first-order valence-electron chi connectivity index (χ1n) is 6.54. The van der Waals surface area contributed by atoms with Crippen LogP contribution in [0.1, 0.15) is 39.5 Å². The molecular formula is C13H25NO2. The fourth-order valence-electron chi connectivity index (χ4n) is 3.24. The van der Waals surface area contributed by atoms with Crippen LogP contribution >= 0.6 is 0 Å².